The Hall–Kier alpha value is -9.38. The third-order valence-corrected chi connectivity index (χ3v) is 15.5. The molecule has 73 heavy (non-hydrogen) atoms. The highest BCUT2D eigenvalue weighted by molar-refractivity contribution is 6.11. The third kappa shape index (κ3) is 6.47. The molecule has 0 bridgehead atoms. The van der Waals surface area contributed by atoms with Crippen LogP contribution < -0.4 is 4.90 Å². The lowest BCUT2D eigenvalue weighted by atomic mass is 9.81. The van der Waals surface area contributed by atoms with Crippen molar-refractivity contribution in [3.63, 3.8) is 0 Å². The molecule has 3 aromatic heterocycles. The van der Waals surface area contributed by atoms with Crippen LogP contribution in [0.1, 0.15) is 25.0 Å². The van der Waals surface area contributed by atoms with Crippen molar-refractivity contribution in [2.45, 2.75) is 19.3 Å². The number of para-hydroxylation sites is 4. The van der Waals surface area contributed by atoms with Gasteiger partial charge in [0.15, 0.2) is 0 Å². The van der Waals surface area contributed by atoms with Crippen LogP contribution >= 0.6 is 0 Å². The minimum atomic E-state index is -0.0591. The third-order valence-electron chi connectivity index (χ3n) is 15.5. The first-order chi connectivity index (χ1) is 35.9. The van der Waals surface area contributed by atoms with Crippen molar-refractivity contribution < 1.29 is 13.3 Å². The number of fused-ring (bicyclic) bond motifs is 12. The van der Waals surface area contributed by atoms with E-state index in [0.717, 1.165) is 122 Å². The molecule has 14 aromatic rings. The first-order valence-corrected chi connectivity index (χ1v) is 25.0. The van der Waals surface area contributed by atoms with Gasteiger partial charge >= 0.3 is 0 Å². The Morgan fingerprint density at radius 3 is 1.23 bits per heavy atom. The molecule has 3 heterocycles. The molecule has 1 aliphatic carbocycles. The summed E-state index contributed by atoms with van der Waals surface area (Å²) in [5, 5.41) is 6.71. The smallest absolute Gasteiger partial charge is 0.143 e. The van der Waals surface area contributed by atoms with Crippen LogP contribution in [-0.2, 0) is 5.41 Å². The largest absolute Gasteiger partial charge is 0.456 e. The quantitative estimate of drug-likeness (QED) is 0.160. The molecule has 0 unspecified atom stereocenters. The zero-order valence-corrected chi connectivity index (χ0v) is 40.2. The molecule has 15 rings (SSSR count). The van der Waals surface area contributed by atoms with E-state index in [0.29, 0.717) is 0 Å². The maximum atomic E-state index is 6.68. The standard InChI is InChI=1S/C69H45NO3/c1-69(2)61-18-6-3-11-53(61)54-36-27-45(39-62(54)69)47-29-38-58-57-37-28-46(40-65(57)71-66(58)41-47)42-21-30-48(31-22-42)70(49-32-23-43(24-33-49)51-14-9-16-59-55-12-4-7-19-63(55)72-67(51)59)50-34-25-44(26-35-50)52-15-10-17-60-56-13-5-8-20-64(56)73-68(52)60/h3-41H,1-2H3. The van der Waals surface area contributed by atoms with Crippen LogP contribution in [-0.4, -0.2) is 0 Å². The van der Waals surface area contributed by atoms with Crippen LogP contribution in [0.2, 0.25) is 0 Å². The molecule has 0 radical (unpaired) electrons. The molecule has 4 heteroatoms. The van der Waals surface area contributed by atoms with Gasteiger partial charge in [-0.25, -0.2) is 0 Å². The van der Waals surface area contributed by atoms with Gasteiger partial charge in [-0.3, -0.25) is 0 Å². The van der Waals surface area contributed by atoms with Gasteiger partial charge in [-0.2, -0.15) is 0 Å². The van der Waals surface area contributed by atoms with Gasteiger partial charge in [-0.15, -0.1) is 0 Å². The molecule has 0 amide bonds. The molecule has 0 saturated heterocycles. The SMILES string of the molecule is CC1(C)c2ccccc2-c2ccc(-c3ccc4c(c3)oc3cc(-c5ccc(N(c6ccc(-c7cccc8c7oc7ccccc78)cc6)c6ccc(-c7cccc8c7oc7ccccc78)cc6)cc5)ccc34)cc21. The number of furan rings is 3. The summed E-state index contributed by atoms with van der Waals surface area (Å²) in [4.78, 5) is 2.32. The fourth-order valence-electron chi connectivity index (χ4n) is 11.8. The minimum absolute atomic E-state index is 0.0591. The molecule has 11 aromatic carbocycles. The molecular weight excluding hydrogens is 891 g/mol. The highest BCUT2D eigenvalue weighted by atomic mass is 16.3. The van der Waals surface area contributed by atoms with E-state index in [1.165, 1.54) is 27.8 Å². The maximum Gasteiger partial charge on any atom is 0.143 e. The predicted octanol–water partition coefficient (Wildman–Crippen LogP) is 19.8. The van der Waals surface area contributed by atoms with Gasteiger partial charge in [0.2, 0.25) is 0 Å². The fourth-order valence-corrected chi connectivity index (χ4v) is 11.8. The molecule has 0 fully saturated rings. The van der Waals surface area contributed by atoms with Crippen molar-refractivity contribution >= 4 is 82.9 Å². The minimum Gasteiger partial charge on any atom is -0.456 e. The van der Waals surface area contributed by atoms with Crippen LogP contribution in [0.25, 0.3) is 121 Å². The lowest BCUT2D eigenvalue weighted by molar-refractivity contribution is 0.660. The molecule has 0 aliphatic heterocycles. The Bertz CT molecular complexity index is 4350. The van der Waals surface area contributed by atoms with E-state index in [-0.39, 0.29) is 5.41 Å². The van der Waals surface area contributed by atoms with Crippen LogP contribution in [0.3, 0.4) is 0 Å². The zero-order chi connectivity index (χ0) is 48.4. The summed E-state index contributed by atoms with van der Waals surface area (Å²) in [6.07, 6.45) is 0. The Morgan fingerprint density at radius 1 is 0.274 bits per heavy atom. The van der Waals surface area contributed by atoms with Crippen molar-refractivity contribution in [3.05, 3.63) is 248 Å². The van der Waals surface area contributed by atoms with Crippen LogP contribution in [0.5, 0.6) is 0 Å². The summed E-state index contributed by atoms with van der Waals surface area (Å²) in [6.45, 7) is 4.67. The van der Waals surface area contributed by atoms with Crippen molar-refractivity contribution in [2.75, 3.05) is 4.90 Å². The van der Waals surface area contributed by atoms with E-state index in [1.54, 1.807) is 0 Å². The average molecular weight is 936 g/mol. The fraction of sp³-hybridized carbons (Fsp3) is 0.0435. The van der Waals surface area contributed by atoms with Crippen molar-refractivity contribution in [2.24, 2.45) is 0 Å². The van der Waals surface area contributed by atoms with Gasteiger partial charge in [0.05, 0.1) is 0 Å². The Morgan fingerprint density at radius 2 is 0.671 bits per heavy atom. The van der Waals surface area contributed by atoms with E-state index >= 15 is 0 Å². The molecule has 1 aliphatic rings. The number of hydrogen-bond donors (Lipinski definition) is 0. The highest BCUT2D eigenvalue weighted by Gasteiger charge is 2.35. The molecule has 0 N–H and O–H groups in total. The van der Waals surface area contributed by atoms with Crippen LogP contribution in [0.4, 0.5) is 17.1 Å². The lowest BCUT2D eigenvalue weighted by Crippen LogP contribution is -2.14. The molecule has 344 valence electrons. The van der Waals surface area contributed by atoms with Crippen molar-refractivity contribution in [1.29, 1.82) is 0 Å². The zero-order valence-electron chi connectivity index (χ0n) is 40.2. The normalized spacial score (nSPS) is 12.9. The first kappa shape index (κ1) is 41.4. The molecule has 0 atom stereocenters. The number of rotatable bonds is 7. The Balaban J connectivity index is 0.775. The summed E-state index contributed by atoms with van der Waals surface area (Å²) in [5.74, 6) is 0. The number of benzene rings is 11. The second-order valence-electron chi connectivity index (χ2n) is 20.0. The summed E-state index contributed by atoms with van der Waals surface area (Å²) < 4.78 is 19.6. The monoisotopic (exact) mass is 935 g/mol. The van der Waals surface area contributed by atoms with Crippen LogP contribution in [0, 0.1) is 0 Å². The number of anilines is 3. The van der Waals surface area contributed by atoms with E-state index in [2.05, 4.69) is 231 Å². The molecule has 4 nitrogen and oxygen atoms in total. The topological polar surface area (TPSA) is 42.7 Å². The van der Waals surface area contributed by atoms with E-state index in [1.807, 2.05) is 24.3 Å². The lowest BCUT2D eigenvalue weighted by Gasteiger charge is -2.26. The average Bonchev–Trinajstić information content (AvgIpc) is 4.19. The molecular formula is C69H45NO3. The maximum absolute atomic E-state index is 6.68. The number of hydrogen-bond acceptors (Lipinski definition) is 4. The summed E-state index contributed by atoms with van der Waals surface area (Å²) in [6, 6.07) is 84.8. The summed E-state index contributed by atoms with van der Waals surface area (Å²) in [7, 11) is 0. The number of nitrogens with zero attached hydrogens (tertiary/aromatic N) is 1. The van der Waals surface area contributed by atoms with E-state index < -0.39 is 0 Å². The predicted molar refractivity (Wildman–Crippen MR) is 302 cm³/mol. The van der Waals surface area contributed by atoms with Gasteiger partial charge in [-0.05, 0) is 134 Å². The Kier molecular flexibility index (Phi) is 8.97. The molecule has 0 saturated carbocycles. The van der Waals surface area contributed by atoms with E-state index in [4.69, 9.17) is 13.3 Å². The first-order valence-electron chi connectivity index (χ1n) is 25.0. The van der Waals surface area contributed by atoms with Crippen molar-refractivity contribution in [3.8, 4) is 55.6 Å². The molecule has 0 spiro atoms. The highest BCUT2D eigenvalue weighted by Crippen LogP contribution is 2.50. The van der Waals surface area contributed by atoms with Gasteiger partial charge in [0, 0.05) is 65.9 Å². The second-order valence-corrected chi connectivity index (χ2v) is 20.0. The van der Waals surface area contributed by atoms with Gasteiger partial charge in [0.25, 0.3) is 0 Å². The van der Waals surface area contributed by atoms with E-state index in [9.17, 15) is 0 Å². The van der Waals surface area contributed by atoms with Crippen molar-refractivity contribution in [1.82, 2.24) is 0 Å². The second kappa shape index (κ2) is 15.8. The Labute approximate surface area is 421 Å². The van der Waals surface area contributed by atoms with Gasteiger partial charge in [0.1, 0.15) is 33.5 Å². The summed E-state index contributed by atoms with van der Waals surface area (Å²) >= 11 is 0. The van der Waals surface area contributed by atoms with Crippen LogP contribution in [0.15, 0.2) is 250 Å². The van der Waals surface area contributed by atoms with Gasteiger partial charge < -0.3 is 18.2 Å². The summed E-state index contributed by atoms with van der Waals surface area (Å²) in [5.41, 5.74) is 22.7. The van der Waals surface area contributed by atoms with Gasteiger partial charge in [-0.1, -0.05) is 172 Å².